The number of methoxy groups -OCH3 is 1. The van der Waals surface area contributed by atoms with E-state index < -0.39 is 0 Å². The molecule has 1 amide bonds. The highest BCUT2D eigenvalue weighted by Crippen LogP contribution is 2.31. The Balaban J connectivity index is 1.43. The second-order valence-corrected chi connectivity index (χ2v) is 9.92. The first kappa shape index (κ1) is 22.9. The van der Waals surface area contributed by atoms with E-state index in [9.17, 15) is 4.79 Å². The molecule has 3 aromatic carbocycles. The van der Waals surface area contributed by atoms with Crippen molar-refractivity contribution in [1.29, 1.82) is 0 Å². The van der Waals surface area contributed by atoms with E-state index in [0.29, 0.717) is 16.7 Å². The minimum absolute atomic E-state index is 0.169. The third kappa shape index (κ3) is 5.93. The van der Waals surface area contributed by atoms with Gasteiger partial charge in [0.1, 0.15) is 18.1 Å². The van der Waals surface area contributed by atoms with Crippen molar-refractivity contribution in [3.8, 4) is 11.5 Å². The average Bonchev–Trinajstić information content (AvgIpc) is 3.13. The first-order valence-electron chi connectivity index (χ1n) is 9.60. The van der Waals surface area contributed by atoms with Gasteiger partial charge in [0.2, 0.25) is 0 Å². The molecule has 162 valence electrons. The van der Waals surface area contributed by atoms with Crippen LogP contribution in [0.25, 0.3) is 6.08 Å². The molecule has 0 unspecified atom stereocenters. The van der Waals surface area contributed by atoms with E-state index in [4.69, 9.17) is 9.47 Å². The summed E-state index contributed by atoms with van der Waals surface area (Å²) in [5.41, 5.74) is 2.74. The van der Waals surface area contributed by atoms with Crippen LogP contribution in [0, 0.1) is 3.57 Å². The Kier molecular flexibility index (Phi) is 7.54. The predicted molar refractivity (Wildman–Crippen MR) is 141 cm³/mol. The number of carbonyl (C=O) groups excluding carboxylic acids is 1. The monoisotopic (exact) mass is 620 g/mol. The summed E-state index contributed by atoms with van der Waals surface area (Å²) >= 11 is 7.16. The van der Waals surface area contributed by atoms with Gasteiger partial charge in [-0.2, -0.15) is 0 Å². The molecule has 8 heteroatoms. The van der Waals surface area contributed by atoms with Crippen LogP contribution in [0.2, 0.25) is 0 Å². The van der Waals surface area contributed by atoms with Crippen LogP contribution in [0.5, 0.6) is 11.5 Å². The molecule has 0 aliphatic carbocycles. The summed E-state index contributed by atoms with van der Waals surface area (Å²) in [6, 6.07) is 21.3. The number of hydrogen-bond acceptors (Lipinski definition) is 5. The van der Waals surface area contributed by atoms with Gasteiger partial charge in [0.15, 0.2) is 5.17 Å². The number of ether oxygens (including phenoxy) is 2. The van der Waals surface area contributed by atoms with Gasteiger partial charge in [-0.1, -0.05) is 18.2 Å². The standard InChI is InChI=1S/C24H18BrIN2O3S/c1-30-19-9-7-18(8-10-19)27-24-28-23(29)22(32-24)13-16-4-11-21(20(25)12-16)31-14-15-2-5-17(26)6-3-15/h2-13H,14H2,1H3,(H,27,28,29)/b22-13+. The summed E-state index contributed by atoms with van der Waals surface area (Å²) in [6.45, 7) is 0.486. The van der Waals surface area contributed by atoms with Gasteiger partial charge in [-0.3, -0.25) is 4.79 Å². The number of halogens is 2. The summed E-state index contributed by atoms with van der Waals surface area (Å²) in [4.78, 5) is 17.4. The third-order valence-electron chi connectivity index (χ3n) is 4.52. The van der Waals surface area contributed by atoms with Gasteiger partial charge in [-0.05, 0) is 116 Å². The predicted octanol–water partition coefficient (Wildman–Crippen LogP) is 6.53. The van der Waals surface area contributed by atoms with Crippen LogP contribution in [0.15, 0.2) is 81.1 Å². The van der Waals surface area contributed by atoms with Crippen molar-refractivity contribution in [2.75, 3.05) is 7.11 Å². The lowest BCUT2D eigenvalue weighted by atomic mass is 10.2. The molecular formula is C24H18BrIN2O3S. The van der Waals surface area contributed by atoms with Crippen molar-refractivity contribution in [2.45, 2.75) is 6.61 Å². The van der Waals surface area contributed by atoms with E-state index in [-0.39, 0.29) is 5.91 Å². The topological polar surface area (TPSA) is 59.9 Å². The van der Waals surface area contributed by atoms with Crippen molar-refractivity contribution in [3.63, 3.8) is 0 Å². The number of rotatable bonds is 6. The molecule has 1 saturated heterocycles. The molecule has 32 heavy (non-hydrogen) atoms. The SMILES string of the molecule is COc1ccc(N=C2NC(=O)/C(=C\c3ccc(OCc4ccc(I)cc4)c(Br)c3)S2)cc1. The lowest BCUT2D eigenvalue weighted by molar-refractivity contribution is -0.115. The van der Waals surface area contributed by atoms with Crippen LogP contribution in [0.1, 0.15) is 11.1 Å². The van der Waals surface area contributed by atoms with E-state index >= 15 is 0 Å². The number of nitrogens with zero attached hydrogens (tertiary/aromatic N) is 1. The highest BCUT2D eigenvalue weighted by atomic mass is 127. The largest absolute Gasteiger partial charge is 0.497 e. The first-order chi connectivity index (χ1) is 15.5. The average molecular weight is 621 g/mol. The number of thioether (sulfide) groups is 1. The lowest BCUT2D eigenvalue weighted by Crippen LogP contribution is -2.19. The normalized spacial score (nSPS) is 15.8. The van der Waals surface area contributed by atoms with Gasteiger partial charge < -0.3 is 14.8 Å². The fourth-order valence-corrected chi connectivity index (χ4v) is 4.58. The Hall–Kier alpha value is -2.30. The Morgan fingerprint density at radius 1 is 1.09 bits per heavy atom. The van der Waals surface area contributed by atoms with Crippen LogP contribution < -0.4 is 14.8 Å². The molecule has 0 radical (unpaired) electrons. The molecule has 1 heterocycles. The quantitative estimate of drug-likeness (QED) is 0.251. The molecule has 0 spiro atoms. The molecule has 0 saturated carbocycles. The molecule has 0 aromatic heterocycles. The highest BCUT2D eigenvalue weighted by Gasteiger charge is 2.23. The molecule has 1 aliphatic rings. The maximum absolute atomic E-state index is 12.4. The molecular weight excluding hydrogens is 603 g/mol. The van der Waals surface area contributed by atoms with Gasteiger partial charge in [0.05, 0.1) is 22.2 Å². The fourth-order valence-electron chi connectivity index (χ4n) is 2.87. The Morgan fingerprint density at radius 2 is 1.84 bits per heavy atom. The van der Waals surface area contributed by atoms with E-state index in [1.54, 1.807) is 7.11 Å². The van der Waals surface area contributed by atoms with E-state index in [1.165, 1.54) is 15.3 Å². The van der Waals surface area contributed by atoms with Crippen molar-refractivity contribution < 1.29 is 14.3 Å². The molecule has 0 bridgehead atoms. The van der Waals surface area contributed by atoms with E-state index in [1.807, 2.05) is 48.5 Å². The van der Waals surface area contributed by atoms with E-state index in [2.05, 4.69) is 73.1 Å². The highest BCUT2D eigenvalue weighted by molar-refractivity contribution is 14.1. The molecule has 5 nitrogen and oxygen atoms in total. The van der Waals surface area contributed by atoms with Crippen molar-refractivity contribution in [1.82, 2.24) is 5.32 Å². The summed E-state index contributed by atoms with van der Waals surface area (Å²) in [6.07, 6.45) is 1.84. The van der Waals surface area contributed by atoms with Crippen LogP contribution in [0.3, 0.4) is 0 Å². The minimum Gasteiger partial charge on any atom is -0.497 e. The van der Waals surface area contributed by atoms with Gasteiger partial charge in [0, 0.05) is 3.57 Å². The first-order valence-corrected chi connectivity index (χ1v) is 12.3. The Morgan fingerprint density at radius 3 is 2.53 bits per heavy atom. The smallest absolute Gasteiger partial charge is 0.264 e. The van der Waals surface area contributed by atoms with Crippen LogP contribution in [0.4, 0.5) is 5.69 Å². The van der Waals surface area contributed by atoms with Gasteiger partial charge in [-0.25, -0.2) is 4.99 Å². The maximum atomic E-state index is 12.4. The maximum Gasteiger partial charge on any atom is 0.264 e. The molecule has 1 fully saturated rings. The second kappa shape index (κ2) is 10.5. The summed E-state index contributed by atoms with van der Waals surface area (Å²) in [5, 5.41) is 3.35. The summed E-state index contributed by atoms with van der Waals surface area (Å²) in [5.74, 6) is 1.34. The van der Waals surface area contributed by atoms with Gasteiger partial charge in [-0.15, -0.1) is 0 Å². The number of carbonyl (C=O) groups is 1. The third-order valence-corrected chi connectivity index (χ3v) is 6.76. The van der Waals surface area contributed by atoms with Crippen LogP contribution in [-0.2, 0) is 11.4 Å². The number of amidine groups is 1. The van der Waals surface area contributed by atoms with E-state index in [0.717, 1.165) is 32.8 Å². The van der Waals surface area contributed by atoms with Crippen molar-refractivity contribution in [3.05, 3.63) is 90.8 Å². The van der Waals surface area contributed by atoms with Gasteiger partial charge in [0.25, 0.3) is 5.91 Å². The molecule has 0 atom stereocenters. The van der Waals surface area contributed by atoms with Crippen molar-refractivity contribution >= 4 is 73.1 Å². The zero-order valence-electron chi connectivity index (χ0n) is 17.0. The summed E-state index contributed by atoms with van der Waals surface area (Å²) < 4.78 is 13.1. The number of aliphatic imine (C=N–C) groups is 1. The molecule has 4 rings (SSSR count). The second-order valence-electron chi connectivity index (χ2n) is 6.78. The summed E-state index contributed by atoms with van der Waals surface area (Å²) in [7, 11) is 1.62. The molecule has 1 aliphatic heterocycles. The number of benzene rings is 3. The number of nitrogens with one attached hydrogen (secondary N) is 1. The van der Waals surface area contributed by atoms with Gasteiger partial charge >= 0.3 is 0 Å². The molecule has 3 aromatic rings. The Bertz CT molecular complexity index is 1190. The Labute approximate surface area is 212 Å². The zero-order chi connectivity index (χ0) is 22.5. The lowest BCUT2D eigenvalue weighted by Gasteiger charge is -2.09. The van der Waals surface area contributed by atoms with Crippen molar-refractivity contribution in [2.24, 2.45) is 4.99 Å². The molecule has 1 N–H and O–H groups in total. The van der Waals surface area contributed by atoms with Crippen LogP contribution >= 0.6 is 50.3 Å². The number of amides is 1. The number of hydrogen-bond donors (Lipinski definition) is 1. The zero-order valence-corrected chi connectivity index (χ0v) is 21.5. The minimum atomic E-state index is -0.169. The fraction of sp³-hybridized carbons (Fsp3) is 0.0833. The van der Waals surface area contributed by atoms with Crippen LogP contribution in [-0.4, -0.2) is 18.2 Å².